The van der Waals surface area contributed by atoms with E-state index in [1.54, 1.807) is 14.2 Å². The Kier molecular flexibility index (Phi) is 6.74. The molecule has 1 N–H and O–H groups in total. The summed E-state index contributed by atoms with van der Waals surface area (Å²) in [5, 5.41) is 11.8. The van der Waals surface area contributed by atoms with E-state index in [4.69, 9.17) is 9.47 Å². The van der Waals surface area contributed by atoms with Crippen molar-refractivity contribution in [2.24, 2.45) is 5.92 Å². The minimum Gasteiger partial charge on any atom is -0.493 e. The first kappa shape index (κ1) is 21.1. The number of amides is 1. The fraction of sp³-hybridized carbons (Fsp3) is 0.571. The summed E-state index contributed by atoms with van der Waals surface area (Å²) in [6, 6.07) is 5.80. The first-order valence-corrected chi connectivity index (χ1v) is 10.1. The van der Waals surface area contributed by atoms with Crippen LogP contribution in [0.2, 0.25) is 0 Å². The monoisotopic (exact) mass is 401 g/mol. The lowest BCUT2D eigenvalue weighted by Gasteiger charge is -2.22. The van der Waals surface area contributed by atoms with E-state index in [-0.39, 0.29) is 17.9 Å². The Balaban J connectivity index is 1.70. The Morgan fingerprint density at radius 3 is 2.62 bits per heavy atom. The average Bonchev–Trinajstić information content (AvgIpc) is 3.02. The zero-order chi connectivity index (χ0) is 21.0. The molecule has 1 aromatic carbocycles. The van der Waals surface area contributed by atoms with Crippen LogP contribution in [-0.2, 0) is 24.3 Å². The van der Waals surface area contributed by atoms with Gasteiger partial charge in [0.15, 0.2) is 17.3 Å². The van der Waals surface area contributed by atoms with E-state index < -0.39 is 0 Å². The summed E-state index contributed by atoms with van der Waals surface area (Å²) < 4.78 is 13.1. The van der Waals surface area contributed by atoms with E-state index in [2.05, 4.69) is 31.0 Å². The van der Waals surface area contributed by atoms with Gasteiger partial charge < -0.3 is 19.4 Å². The topological polar surface area (TPSA) is 81.5 Å². The molecule has 0 saturated carbocycles. The predicted octanol–water partition coefficient (Wildman–Crippen LogP) is 2.19. The molecule has 1 aromatic heterocycles. The smallest absolute Gasteiger partial charge is 0.223 e. The number of aromatic nitrogens is 3. The van der Waals surface area contributed by atoms with E-state index in [0.29, 0.717) is 0 Å². The van der Waals surface area contributed by atoms with Gasteiger partial charge in [-0.1, -0.05) is 26.0 Å². The van der Waals surface area contributed by atoms with E-state index >= 15 is 0 Å². The molecule has 8 heteroatoms. The van der Waals surface area contributed by atoms with Crippen molar-refractivity contribution < 1.29 is 14.3 Å². The van der Waals surface area contributed by atoms with Gasteiger partial charge in [-0.25, -0.2) is 0 Å². The highest BCUT2D eigenvalue weighted by molar-refractivity contribution is 5.78. The normalized spacial score (nSPS) is 15.5. The molecule has 158 valence electrons. The van der Waals surface area contributed by atoms with Crippen molar-refractivity contribution in [1.82, 2.24) is 25.0 Å². The maximum Gasteiger partial charge on any atom is 0.223 e. The highest BCUT2D eigenvalue weighted by atomic mass is 16.5. The maximum absolute atomic E-state index is 12.1. The van der Waals surface area contributed by atoms with Gasteiger partial charge in [0.25, 0.3) is 0 Å². The molecular weight excluding hydrogens is 370 g/mol. The van der Waals surface area contributed by atoms with Gasteiger partial charge in [0.2, 0.25) is 5.91 Å². The van der Waals surface area contributed by atoms with Crippen LogP contribution < -0.4 is 14.8 Å². The largest absolute Gasteiger partial charge is 0.493 e. The zero-order valence-electron chi connectivity index (χ0n) is 17.9. The van der Waals surface area contributed by atoms with Crippen LogP contribution in [0.25, 0.3) is 0 Å². The number of para-hydroxylation sites is 1. The number of hydrogen-bond acceptors (Lipinski definition) is 6. The third kappa shape index (κ3) is 4.70. The second kappa shape index (κ2) is 9.26. The molecular formula is C21H31N5O3. The van der Waals surface area contributed by atoms with Crippen LogP contribution in [0.15, 0.2) is 18.2 Å². The molecule has 2 aromatic rings. The number of nitrogens with zero attached hydrogens (tertiary/aromatic N) is 4. The lowest BCUT2D eigenvalue weighted by atomic mass is 10.1. The zero-order valence-corrected chi connectivity index (χ0v) is 17.9. The van der Waals surface area contributed by atoms with E-state index in [0.717, 1.165) is 61.3 Å². The fourth-order valence-corrected chi connectivity index (χ4v) is 3.63. The number of carbonyl (C=O) groups is 1. The lowest BCUT2D eigenvalue weighted by Crippen LogP contribution is -2.32. The summed E-state index contributed by atoms with van der Waals surface area (Å²) in [6.45, 7) is 9.03. The number of methoxy groups -OCH3 is 2. The standard InChI is InChI=1S/C21H31N5O3/c1-14(2)21(27)22-15(3)20-24-23-18-9-10-25(11-12-26(18)20)13-16-7-6-8-17(28-4)19(16)29-5/h6-8,14-15H,9-13H2,1-5H3,(H,22,27). The predicted molar refractivity (Wildman–Crippen MR) is 110 cm³/mol. The summed E-state index contributed by atoms with van der Waals surface area (Å²) in [6.07, 6.45) is 0.810. The second-order valence-electron chi connectivity index (χ2n) is 7.69. The fourth-order valence-electron chi connectivity index (χ4n) is 3.63. The number of benzene rings is 1. The minimum absolute atomic E-state index is 0.0234. The molecule has 0 bridgehead atoms. The van der Waals surface area contributed by atoms with Gasteiger partial charge in [-0.05, 0) is 13.0 Å². The molecule has 2 heterocycles. The molecule has 1 amide bonds. The van der Waals surface area contributed by atoms with Crippen LogP contribution >= 0.6 is 0 Å². The van der Waals surface area contributed by atoms with E-state index in [1.807, 2.05) is 32.9 Å². The van der Waals surface area contributed by atoms with Crippen molar-refractivity contribution in [2.45, 2.75) is 46.3 Å². The third-order valence-electron chi connectivity index (χ3n) is 5.30. The number of ether oxygens (including phenoxy) is 2. The average molecular weight is 402 g/mol. The molecule has 8 nitrogen and oxygen atoms in total. The SMILES string of the molecule is COc1cccc(CN2CCc3nnc(C(C)NC(=O)C(C)C)n3CC2)c1OC. The van der Waals surface area contributed by atoms with Crippen molar-refractivity contribution in [3.63, 3.8) is 0 Å². The highest BCUT2D eigenvalue weighted by Crippen LogP contribution is 2.31. The number of rotatable bonds is 7. The van der Waals surface area contributed by atoms with Crippen LogP contribution in [0.3, 0.4) is 0 Å². The van der Waals surface area contributed by atoms with Crippen molar-refractivity contribution in [1.29, 1.82) is 0 Å². The number of fused-ring (bicyclic) bond motifs is 1. The van der Waals surface area contributed by atoms with Crippen LogP contribution in [0.5, 0.6) is 11.5 Å². The van der Waals surface area contributed by atoms with Crippen molar-refractivity contribution in [2.75, 3.05) is 27.3 Å². The molecule has 0 fully saturated rings. The summed E-state index contributed by atoms with van der Waals surface area (Å²) in [5.41, 5.74) is 1.10. The molecule has 29 heavy (non-hydrogen) atoms. The quantitative estimate of drug-likeness (QED) is 0.766. The number of carbonyl (C=O) groups excluding carboxylic acids is 1. The molecule has 1 unspecified atom stereocenters. The van der Waals surface area contributed by atoms with Gasteiger partial charge in [-0.15, -0.1) is 10.2 Å². The van der Waals surface area contributed by atoms with Crippen LogP contribution in [-0.4, -0.2) is 52.9 Å². The van der Waals surface area contributed by atoms with Gasteiger partial charge in [-0.3, -0.25) is 9.69 Å². The molecule has 0 radical (unpaired) electrons. The Labute approximate surface area is 172 Å². The first-order valence-electron chi connectivity index (χ1n) is 10.1. The molecule has 0 aliphatic carbocycles. The molecule has 0 spiro atoms. The van der Waals surface area contributed by atoms with Crippen molar-refractivity contribution in [3.05, 3.63) is 35.4 Å². The van der Waals surface area contributed by atoms with Crippen molar-refractivity contribution >= 4 is 5.91 Å². The van der Waals surface area contributed by atoms with Crippen LogP contribution in [0.1, 0.15) is 44.0 Å². The van der Waals surface area contributed by atoms with E-state index in [1.165, 1.54) is 0 Å². The van der Waals surface area contributed by atoms with Gasteiger partial charge >= 0.3 is 0 Å². The van der Waals surface area contributed by atoms with Crippen LogP contribution in [0, 0.1) is 5.92 Å². The molecule has 0 saturated heterocycles. The molecule has 1 aliphatic rings. The van der Waals surface area contributed by atoms with E-state index in [9.17, 15) is 4.79 Å². The third-order valence-corrected chi connectivity index (χ3v) is 5.30. The number of hydrogen-bond donors (Lipinski definition) is 1. The summed E-state index contributed by atoms with van der Waals surface area (Å²) >= 11 is 0. The minimum atomic E-state index is -0.170. The molecule has 1 aliphatic heterocycles. The second-order valence-corrected chi connectivity index (χ2v) is 7.69. The van der Waals surface area contributed by atoms with Gasteiger partial charge in [-0.2, -0.15) is 0 Å². The van der Waals surface area contributed by atoms with Crippen LogP contribution in [0.4, 0.5) is 0 Å². The molecule has 3 rings (SSSR count). The Morgan fingerprint density at radius 2 is 1.93 bits per heavy atom. The number of nitrogens with one attached hydrogen (secondary N) is 1. The lowest BCUT2D eigenvalue weighted by molar-refractivity contribution is -0.124. The summed E-state index contributed by atoms with van der Waals surface area (Å²) in [5.74, 6) is 3.27. The summed E-state index contributed by atoms with van der Waals surface area (Å²) in [7, 11) is 3.32. The van der Waals surface area contributed by atoms with Gasteiger partial charge in [0.1, 0.15) is 5.82 Å². The first-order chi connectivity index (χ1) is 13.9. The Hall–Kier alpha value is -2.61. The maximum atomic E-state index is 12.1. The Morgan fingerprint density at radius 1 is 1.14 bits per heavy atom. The Bertz CT molecular complexity index is 849. The highest BCUT2D eigenvalue weighted by Gasteiger charge is 2.24. The van der Waals surface area contributed by atoms with Gasteiger partial charge in [0.05, 0.1) is 20.3 Å². The summed E-state index contributed by atoms with van der Waals surface area (Å²) in [4.78, 5) is 14.4. The van der Waals surface area contributed by atoms with Gasteiger partial charge in [0, 0.05) is 44.1 Å². The molecule has 1 atom stereocenters. The van der Waals surface area contributed by atoms with Crippen molar-refractivity contribution in [3.8, 4) is 11.5 Å².